The predicted molar refractivity (Wildman–Crippen MR) is 64.7 cm³/mol. The van der Waals surface area contributed by atoms with Gasteiger partial charge in [-0.05, 0) is 24.6 Å². The van der Waals surface area contributed by atoms with E-state index in [-0.39, 0.29) is 5.56 Å². The van der Waals surface area contributed by atoms with E-state index in [1.165, 1.54) is 6.07 Å². The van der Waals surface area contributed by atoms with Gasteiger partial charge in [-0.1, -0.05) is 0 Å². The molecule has 122 valence electrons. The molecule has 0 aliphatic carbocycles. The second-order valence-electron chi connectivity index (χ2n) is 4.60. The van der Waals surface area contributed by atoms with Gasteiger partial charge in [-0.15, -0.1) is 0 Å². The summed E-state index contributed by atoms with van der Waals surface area (Å²) in [5.74, 6) is -1.31. The number of aromatic hydroxyl groups is 1. The molecule has 0 amide bonds. The molecule has 0 aliphatic rings. The number of aromatic nitrogens is 2. The first kappa shape index (κ1) is 16.7. The molecule has 1 aromatic carbocycles. The molecule has 2 rings (SSSR count). The Morgan fingerprint density at radius 2 is 1.74 bits per heavy atom. The van der Waals surface area contributed by atoms with Gasteiger partial charge >= 0.3 is 12.4 Å². The van der Waals surface area contributed by atoms with Crippen LogP contribution in [0.5, 0.6) is 5.75 Å². The molecule has 0 fully saturated rings. The quantitative estimate of drug-likeness (QED) is 0.807. The lowest BCUT2D eigenvalue weighted by atomic mass is 10.1. The monoisotopic (exact) mass is 335 g/mol. The zero-order valence-corrected chi connectivity index (χ0v) is 11.3. The van der Waals surface area contributed by atoms with Crippen LogP contribution in [0.1, 0.15) is 22.4 Å². The molecule has 0 saturated carbocycles. The number of alkyl halides is 6. The fraction of sp³-hybridized carbons (Fsp3) is 0.231. The Labute approximate surface area is 125 Å². The maximum atomic E-state index is 12.9. The van der Waals surface area contributed by atoms with Crippen molar-refractivity contribution in [1.82, 2.24) is 9.78 Å². The van der Waals surface area contributed by atoms with E-state index >= 15 is 0 Å². The molecular formula is C13H7F6N3O. The third-order valence-corrected chi connectivity index (χ3v) is 2.94. The maximum absolute atomic E-state index is 12.9. The second-order valence-corrected chi connectivity index (χ2v) is 4.60. The lowest BCUT2D eigenvalue weighted by molar-refractivity contribution is -0.142. The van der Waals surface area contributed by atoms with E-state index < -0.39 is 40.6 Å². The van der Waals surface area contributed by atoms with Crippen molar-refractivity contribution < 1.29 is 31.4 Å². The lowest BCUT2D eigenvalue weighted by Crippen LogP contribution is -2.10. The molecule has 1 aromatic heterocycles. The van der Waals surface area contributed by atoms with Crippen LogP contribution < -0.4 is 0 Å². The van der Waals surface area contributed by atoms with Crippen LogP contribution in [0.2, 0.25) is 0 Å². The molecule has 1 N–H and O–H groups in total. The van der Waals surface area contributed by atoms with Crippen LogP contribution in [0, 0.1) is 18.3 Å². The Hall–Kier alpha value is -2.70. The van der Waals surface area contributed by atoms with Gasteiger partial charge in [-0.25, -0.2) is 4.68 Å². The molecule has 0 bridgehead atoms. The average molecular weight is 335 g/mol. The fourth-order valence-corrected chi connectivity index (χ4v) is 1.94. The molecule has 0 unspecified atom stereocenters. The van der Waals surface area contributed by atoms with E-state index in [1.54, 1.807) is 0 Å². The summed E-state index contributed by atoms with van der Waals surface area (Å²) in [6, 6.07) is 2.67. The highest BCUT2D eigenvalue weighted by molar-refractivity contribution is 5.57. The minimum absolute atomic E-state index is 0.340. The molecule has 0 aliphatic heterocycles. The van der Waals surface area contributed by atoms with Crippen LogP contribution in [0.25, 0.3) is 5.69 Å². The van der Waals surface area contributed by atoms with E-state index in [2.05, 4.69) is 5.10 Å². The third-order valence-electron chi connectivity index (χ3n) is 2.94. The summed E-state index contributed by atoms with van der Waals surface area (Å²) < 4.78 is 77.2. The maximum Gasteiger partial charge on any atom is 0.435 e. The van der Waals surface area contributed by atoms with Gasteiger partial charge in [0.2, 0.25) is 0 Å². The number of aryl methyl sites for hydroxylation is 1. The smallest absolute Gasteiger partial charge is 0.435 e. The first-order chi connectivity index (χ1) is 10.4. The first-order valence-electron chi connectivity index (χ1n) is 5.93. The lowest BCUT2D eigenvalue weighted by Gasteiger charge is -2.13. The van der Waals surface area contributed by atoms with E-state index in [0.29, 0.717) is 10.7 Å². The molecule has 4 nitrogen and oxygen atoms in total. The van der Waals surface area contributed by atoms with Crippen molar-refractivity contribution in [3.8, 4) is 17.5 Å². The first-order valence-corrected chi connectivity index (χ1v) is 5.93. The van der Waals surface area contributed by atoms with E-state index in [0.717, 1.165) is 19.2 Å². The van der Waals surface area contributed by atoms with Gasteiger partial charge in [0.15, 0.2) is 11.4 Å². The molecule has 0 atom stereocenters. The third kappa shape index (κ3) is 3.08. The van der Waals surface area contributed by atoms with Gasteiger partial charge in [0.1, 0.15) is 11.3 Å². The summed E-state index contributed by atoms with van der Waals surface area (Å²) in [6.07, 6.45) is -8.97. The zero-order chi connectivity index (χ0) is 17.6. The fourth-order valence-electron chi connectivity index (χ4n) is 1.94. The highest BCUT2D eigenvalue weighted by atomic mass is 19.4. The van der Waals surface area contributed by atoms with Crippen LogP contribution in [0.3, 0.4) is 0 Å². The normalized spacial score (nSPS) is 12.3. The Morgan fingerprint density at radius 1 is 1.13 bits per heavy atom. The summed E-state index contributed by atoms with van der Waals surface area (Å²) in [5.41, 5.74) is -4.32. The number of nitrogens with zero attached hydrogens (tertiary/aromatic N) is 3. The van der Waals surface area contributed by atoms with Crippen molar-refractivity contribution in [3.05, 3.63) is 40.7 Å². The van der Waals surface area contributed by atoms with Crippen LogP contribution in [0.15, 0.2) is 18.3 Å². The van der Waals surface area contributed by atoms with Crippen molar-refractivity contribution in [2.24, 2.45) is 0 Å². The van der Waals surface area contributed by atoms with E-state index in [1.807, 2.05) is 0 Å². The Bertz CT molecular complexity index is 798. The number of halogens is 6. The molecule has 10 heteroatoms. The Kier molecular flexibility index (Phi) is 3.76. The summed E-state index contributed by atoms with van der Waals surface area (Å²) in [5, 5.41) is 21.7. The molecule has 23 heavy (non-hydrogen) atoms. The van der Waals surface area contributed by atoms with E-state index in [4.69, 9.17) is 5.26 Å². The molecule has 0 radical (unpaired) electrons. The highest BCUT2D eigenvalue weighted by Crippen LogP contribution is 2.40. The molecule has 0 spiro atoms. The molecule has 0 saturated heterocycles. The minimum Gasteiger partial charge on any atom is -0.505 e. The van der Waals surface area contributed by atoms with Gasteiger partial charge < -0.3 is 5.11 Å². The average Bonchev–Trinajstić information content (AvgIpc) is 2.79. The van der Waals surface area contributed by atoms with Crippen molar-refractivity contribution in [2.75, 3.05) is 0 Å². The van der Waals surface area contributed by atoms with Gasteiger partial charge in [-0.2, -0.15) is 36.7 Å². The standard InChI is InChI=1S/C13H7F6N3O/c1-6-5-22(21-11(6)13(17,18)19)9-3-7(4-20)2-8(10(9)23)12(14,15)16/h2-3,5,23H,1H3. The molecule has 1 heterocycles. The summed E-state index contributed by atoms with van der Waals surface area (Å²) in [7, 11) is 0. The number of benzene rings is 1. The van der Waals surface area contributed by atoms with Gasteiger partial charge in [-0.3, -0.25) is 0 Å². The number of phenolic OH excluding ortho intramolecular Hbond substituents is 1. The topological polar surface area (TPSA) is 61.8 Å². The SMILES string of the molecule is Cc1cn(-c2cc(C#N)cc(C(F)(F)F)c2O)nc1C(F)(F)F. The number of hydrogen-bond donors (Lipinski definition) is 1. The number of rotatable bonds is 1. The second kappa shape index (κ2) is 5.19. The summed E-state index contributed by atoms with van der Waals surface area (Å²) >= 11 is 0. The van der Waals surface area contributed by atoms with Crippen LogP contribution >= 0.6 is 0 Å². The van der Waals surface area contributed by atoms with Crippen LogP contribution in [-0.2, 0) is 12.4 Å². The van der Waals surface area contributed by atoms with Crippen LogP contribution in [-0.4, -0.2) is 14.9 Å². The van der Waals surface area contributed by atoms with Gasteiger partial charge in [0.05, 0.1) is 11.6 Å². The van der Waals surface area contributed by atoms with Crippen LogP contribution in [0.4, 0.5) is 26.3 Å². The minimum atomic E-state index is -4.99. The number of hydrogen-bond acceptors (Lipinski definition) is 3. The summed E-state index contributed by atoms with van der Waals surface area (Å²) in [6.45, 7) is 1.07. The van der Waals surface area contributed by atoms with Crippen molar-refractivity contribution >= 4 is 0 Å². The number of phenols is 1. The summed E-state index contributed by atoms with van der Waals surface area (Å²) in [4.78, 5) is 0. The van der Waals surface area contributed by atoms with E-state index in [9.17, 15) is 31.4 Å². The Balaban J connectivity index is 2.72. The highest BCUT2D eigenvalue weighted by Gasteiger charge is 2.38. The zero-order valence-electron chi connectivity index (χ0n) is 11.3. The van der Waals surface area contributed by atoms with Gasteiger partial charge in [0.25, 0.3) is 0 Å². The Morgan fingerprint density at radius 3 is 2.17 bits per heavy atom. The predicted octanol–water partition coefficient (Wildman–Crippen LogP) is 3.80. The van der Waals surface area contributed by atoms with Crippen molar-refractivity contribution in [2.45, 2.75) is 19.3 Å². The molecular weight excluding hydrogens is 328 g/mol. The largest absolute Gasteiger partial charge is 0.505 e. The van der Waals surface area contributed by atoms with Crippen molar-refractivity contribution in [3.63, 3.8) is 0 Å². The van der Waals surface area contributed by atoms with Gasteiger partial charge in [0, 0.05) is 6.20 Å². The number of nitriles is 1. The molecule has 2 aromatic rings. The van der Waals surface area contributed by atoms with Crippen molar-refractivity contribution in [1.29, 1.82) is 5.26 Å².